The predicted molar refractivity (Wildman–Crippen MR) is 156 cm³/mol. The number of fused-ring (bicyclic) bond motifs is 3. The van der Waals surface area contributed by atoms with E-state index < -0.39 is 7.60 Å². The molecule has 0 saturated carbocycles. The number of rotatable bonds is 7. The summed E-state index contributed by atoms with van der Waals surface area (Å²) in [5.74, 6) is 2.02. The number of aromatic amines is 1. The van der Waals surface area contributed by atoms with Crippen molar-refractivity contribution >= 4 is 62.9 Å². The van der Waals surface area contributed by atoms with E-state index >= 15 is 0 Å². The zero-order valence-corrected chi connectivity index (χ0v) is 23.6. The Morgan fingerprint density at radius 3 is 2.21 bits per heavy atom. The Morgan fingerprint density at radius 1 is 0.947 bits per heavy atom. The zero-order valence-electron chi connectivity index (χ0n) is 20.4. The fraction of sp³-hybridized carbons (Fsp3) is 0.214. The van der Waals surface area contributed by atoms with Crippen LogP contribution in [0.2, 0.25) is 5.28 Å². The Balaban J connectivity index is 1.22. The topological polar surface area (TPSA) is 80.3 Å². The van der Waals surface area contributed by atoms with Crippen molar-refractivity contribution in [1.82, 2.24) is 15.0 Å². The first kappa shape index (κ1) is 25.2. The molecule has 194 valence electrons. The molecule has 1 saturated heterocycles. The fourth-order valence-electron chi connectivity index (χ4n) is 4.94. The van der Waals surface area contributed by atoms with Gasteiger partial charge in [0, 0.05) is 28.5 Å². The number of hydrogen-bond acceptors (Lipinski definition) is 6. The summed E-state index contributed by atoms with van der Waals surface area (Å²) in [4.78, 5) is 14.8. The second kappa shape index (κ2) is 10.6. The molecule has 0 radical (unpaired) electrons. The number of nitrogens with zero attached hydrogens (tertiary/aromatic N) is 3. The molecule has 5 aromatic rings. The highest BCUT2D eigenvalue weighted by molar-refractivity contribution is 9.10. The van der Waals surface area contributed by atoms with Crippen LogP contribution in [0.25, 0.3) is 21.9 Å². The summed E-state index contributed by atoms with van der Waals surface area (Å²) < 4.78 is 27.0. The van der Waals surface area contributed by atoms with Gasteiger partial charge in [-0.25, -0.2) is 9.55 Å². The molecular formula is C28H25BrClN4O3P. The summed E-state index contributed by atoms with van der Waals surface area (Å²) >= 11 is 9.91. The summed E-state index contributed by atoms with van der Waals surface area (Å²) in [7, 11) is -3.47. The van der Waals surface area contributed by atoms with E-state index in [1.165, 1.54) is 0 Å². The number of anilines is 1. The van der Waals surface area contributed by atoms with Gasteiger partial charge in [0.05, 0.1) is 6.16 Å². The average Bonchev–Trinajstić information content (AvgIpc) is 3.27. The first-order valence-electron chi connectivity index (χ1n) is 12.4. The van der Waals surface area contributed by atoms with Crippen LogP contribution in [0.1, 0.15) is 12.8 Å². The van der Waals surface area contributed by atoms with E-state index in [0.717, 1.165) is 58.2 Å². The van der Waals surface area contributed by atoms with E-state index in [9.17, 15) is 4.57 Å². The van der Waals surface area contributed by atoms with Crippen LogP contribution in [0, 0.1) is 5.92 Å². The van der Waals surface area contributed by atoms with Crippen molar-refractivity contribution in [2.45, 2.75) is 12.8 Å². The molecule has 0 spiro atoms. The minimum Gasteiger partial charge on any atom is -0.416 e. The third kappa shape index (κ3) is 5.39. The van der Waals surface area contributed by atoms with Crippen molar-refractivity contribution in [2.24, 2.45) is 5.92 Å². The second-order valence-electron chi connectivity index (χ2n) is 9.39. The van der Waals surface area contributed by atoms with E-state index in [4.69, 9.17) is 20.6 Å². The van der Waals surface area contributed by atoms with Gasteiger partial charge in [0.1, 0.15) is 22.5 Å². The van der Waals surface area contributed by atoms with Crippen molar-refractivity contribution in [1.29, 1.82) is 0 Å². The van der Waals surface area contributed by atoms with Crippen molar-refractivity contribution in [3.63, 3.8) is 0 Å². The van der Waals surface area contributed by atoms with Gasteiger partial charge in [-0.2, -0.15) is 4.98 Å². The minimum absolute atomic E-state index is 0.163. The van der Waals surface area contributed by atoms with Gasteiger partial charge in [0.15, 0.2) is 5.82 Å². The number of H-pyrrole nitrogens is 1. The zero-order chi connectivity index (χ0) is 26.1. The standard InChI is InChI=1S/C28H25BrClN4O3P/c29-20-11-12-24-23(17-20)25-26(31-24)27(33-28(30)32-25)34-15-13-19(14-16-34)18-38(35,36-21-7-3-1-4-8-21)37-22-9-5-2-6-10-22/h1-12,17,19,31H,13-16,18H2. The Bertz CT molecular complexity index is 1580. The highest BCUT2D eigenvalue weighted by Gasteiger charge is 2.35. The van der Waals surface area contributed by atoms with Crippen LogP contribution in [-0.4, -0.2) is 34.2 Å². The molecular weight excluding hydrogens is 587 g/mol. The van der Waals surface area contributed by atoms with Crippen LogP contribution in [0.3, 0.4) is 0 Å². The van der Waals surface area contributed by atoms with Gasteiger partial charge >= 0.3 is 7.60 Å². The van der Waals surface area contributed by atoms with Crippen LogP contribution in [0.15, 0.2) is 83.3 Å². The summed E-state index contributed by atoms with van der Waals surface area (Å²) in [5.41, 5.74) is 2.65. The van der Waals surface area contributed by atoms with Gasteiger partial charge in [0.25, 0.3) is 0 Å². The maximum absolute atomic E-state index is 14.0. The number of benzene rings is 3. The van der Waals surface area contributed by atoms with E-state index in [1.54, 1.807) is 24.3 Å². The maximum atomic E-state index is 14.0. The number of nitrogens with one attached hydrogen (secondary N) is 1. The molecule has 3 heterocycles. The highest BCUT2D eigenvalue weighted by atomic mass is 79.9. The van der Waals surface area contributed by atoms with Gasteiger partial charge in [-0.1, -0.05) is 52.3 Å². The van der Waals surface area contributed by atoms with Crippen molar-refractivity contribution in [3.05, 3.63) is 88.6 Å². The lowest BCUT2D eigenvalue weighted by Gasteiger charge is -2.34. The van der Waals surface area contributed by atoms with Crippen LogP contribution < -0.4 is 13.9 Å². The van der Waals surface area contributed by atoms with Gasteiger partial charge in [-0.15, -0.1) is 0 Å². The van der Waals surface area contributed by atoms with E-state index in [0.29, 0.717) is 17.7 Å². The monoisotopic (exact) mass is 610 g/mol. The first-order chi connectivity index (χ1) is 18.5. The van der Waals surface area contributed by atoms with Crippen molar-refractivity contribution in [3.8, 4) is 11.5 Å². The Kier molecular flexibility index (Phi) is 7.04. The number of para-hydroxylation sites is 2. The Morgan fingerprint density at radius 2 is 1.58 bits per heavy atom. The molecule has 3 aromatic carbocycles. The average molecular weight is 612 g/mol. The summed E-state index contributed by atoms with van der Waals surface area (Å²) in [6.45, 7) is 1.48. The molecule has 1 aliphatic heterocycles. The molecule has 38 heavy (non-hydrogen) atoms. The molecule has 0 bridgehead atoms. The molecule has 0 unspecified atom stereocenters. The van der Waals surface area contributed by atoms with Gasteiger partial charge in [-0.3, -0.25) is 0 Å². The molecule has 0 amide bonds. The lowest BCUT2D eigenvalue weighted by molar-refractivity contribution is 0.357. The summed E-state index contributed by atoms with van der Waals surface area (Å²) in [5, 5.41) is 1.21. The number of hydrogen-bond donors (Lipinski definition) is 1. The number of aromatic nitrogens is 3. The molecule has 0 atom stereocenters. The van der Waals surface area contributed by atoms with Gasteiger partial charge in [0.2, 0.25) is 5.28 Å². The molecule has 10 heteroatoms. The minimum atomic E-state index is -3.47. The molecule has 6 rings (SSSR count). The lowest BCUT2D eigenvalue weighted by Crippen LogP contribution is -2.36. The highest BCUT2D eigenvalue weighted by Crippen LogP contribution is 2.51. The Hall–Kier alpha value is -3.06. The number of piperidine rings is 1. The molecule has 1 N–H and O–H groups in total. The smallest absolute Gasteiger partial charge is 0.416 e. The second-order valence-corrected chi connectivity index (χ2v) is 12.6. The van der Waals surface area contributed by atoms with Crippen molar-refractivity contribution < 1.29 is 13.6 Å². The third-order valence-electron chi connectivity index (χ3n) is 6.73. The molecule has 7 nitrogen and oxygen atoms in total. The third-order valence-corrected chi connectivity index (χ3v) is 9.33. The SMILES string of the molecule is O=P(CC1CCN(c2nc(Cl)nc3c2[nH]c2ccc(Br)cc23)CC1)(Oc1ccccc1)Oc1ccccc1. The van der Waals surface area contributed by atoms with Crippen molar-refractivity contribution in [2.75, 3.05) is 24.2 Å². The lowest BCUT2D eigenvalue weighted by atomic mass is 9.99. The quantitative estimate of drug-likeness (QED) is 0.148. The van der Waals surface area contributed by atoms with Crippen LogP contribution in [0.5, 0.6) is 11.5 Å². The molecule has 2 aromatic heterocycles. The van der Waals surface area contributed by atoms with Crippen LogP contribution in [0.4, 0.5) is 5.82 Å². The van der Waals surface area contributed by atoms with Gasteiger partial charge < -0.3 is 18.9 Å². The molecule has 1 fully saturated rings. The fourth-order valence-corrected chi connectivity index (χ4v) is 7.53. The number of halogens is 2. The first-order valence-corrected chi connectivity index (χ1v) is 15.3. The van der Waals surface area contributed by atoms with E-state index in [2.05, 4.69) is 35.8 Å². The Labute approximate surface area is 233 Å². The molecule has 1 aliphatic rings. The summed E-state index contributed by atoms with van der Waals surface area (Å²) in [6, 6.07) is 24.5. The van der Waals surface area contributed by atoms with Crippen LogP contribution in [-0.2, 0) is 4.57 Å². The van der Waals surface area contributed by atoms with Gasteiger partial charge in [-0.05, 0) is 72.8 Å². The maximum Gasteiger partial charge on any atom is 0.430 e. The van der Waals surface area contributed by atoms with Crippen LogP contribution >= 0.6 is 35.1 Å². The normalized spacial score (nSPS) is 14.7. The summed E-state index contributed by atoms with van der Waals surface area (Å²) in [6.07, 6.45) is 1.95. The predicted octanol–water partition coefficient (Wildman–Crippen LogP) is 8.09. The molecule has 0 aliphatic carbocycles. The van der Waals surface area contributed by atoms with E-state index in [-0.39, 0.29) is 11.2 Å². The van der Waals surface area contributed by atoms with E-state index in [1.807, 2.05) is 54.6 Å². The largest absolute Gasteiger partial charge is 0.430 e.